The zero-order valence-electron chi connectivity index (χ0n) is 19.0. The van der Waals surface area contributed by atoms with Gasteiger partial charge in [0.2, 0.25) is 5.91 Å². The molecule has 0 bridgehead atoms. The van der Waals surface area contributed by atoms with Crippen LogP contribution in [0, 0.1) is 0 Å². The number of nitrogens with one attached hydrogen (secondary N) is 1. The molecule has 1 N–H and O–H groups in total. The van der Waals surface area contributed by atoms with Gasteiger partial charge in [0.25, 0.3) is 5.91 Å². The van der Waals surface area contributed by atoms with Crippen molar-refractivity contribution in [2.75, 3.05) is 26.1 Å². The molecule has 0 spiro atoms. The van der Waals surface area contributed by atoms with Crippen molar-refractivity contribution in [3.8, 4) is 5.75 Å². The molecule has 2 aromatic rings. The molecule has 1 fully saturated rings. The molecule has 0 aromatic heterocycles. The number of thiocarbonyl (C=S) groups is 1. The van der Waals surface area contributed by atoms with E-state index in [1.165, 1.54) is 18.9 Å². The highest BCUT2D eigenvalue weighted by molar-refractivity contribution is 8.26. The Hall–Kier alpha value is -3.17. The molecule has 0 atom stereocenters. The number of esters is 1. The first-order chi connectivity index (χ1) is 16.4. The number of nitrogens with zero attached hydrogens (tertiary/aromatic N) is 1. The van der Waals surface area contributed by atoms with Crippen molar-refractivity contribution in [1.82, 2.24) is 4.90 Å². The van der Waals surface area contributed by atoms with Gasteiger partial charge in [-0.2, -0.15) is 0 Å². The number of carbonyl (C=O) groups is 3. The molecule has 0 radical (unpaired) electrons. The molecule has 0 aliphatic carbocycles. The minimum atomic E-state index is -0.407. The summed E-state index contributed by atoms with van der Waals surface area (Å²) in [7, 11) is 2.91. The van der Waals surface area contributed by atoms with Crippen LogP contribution in [-0.2, 0) is 14.3 Å². The number of rotatable bonds is 10. The van der Waals surface area contributed by atoms with E-state index in [0.717, 1.165) is 18.4 Å². The Morgan fingerprint density at radius 2 is 1.85 bits per heavy atom. The van der Waals surface area contributed by atoms with Gasteiger partial charge < -0.3 is 14.8 Å². The number of amides is 2. The highest BCUT2D eigenvalue weighted by Gasteiger charge is 2.31. The average Bonchev–Trinajstić information content (AvgIpc) is 3.11. The molecule has 1 heterocycles. The lowest BCUT2D eigenvalue weighted by atomic mass is 10.1. The second-order valence-corrected chi connectivity index (χ2v) is 9.21. The molecule has 1 aliphatic heterocycles. The Bertz CT molecular complexity index is 1100. The van der Waals surface area contributed by atoms with Crippen LogP contribution in [0.1, 0.15) is 41.6 Å². The van der Waals surface area contributed by atoms with Crippen molar-refractivity contribution in [2.45, 2.75) is 25.7 Å². The van der Waals surface area contributed by atoms with Gasteiger partial charge >= 0.3 is 5.97 Å². The Labute approximate surface area is 208 Å². The molecule has 178 valence electrons. The highest BCUT2D eigenvalue weighted by Crippen LogP contribution is 2.32. The lowest BCUT2D eigenvalue weighted by Gasteiger charge is -2.14. The summed E-state index contributed by atoms with van der Waals surface area (Å²) in [5.41, 5.74) is 1.95. The summed E-state index contributed by atoms with van der Waals surface area (Å²) in [6, 6.07) is 14.1. The quantitative estimate of drug-likeness (QED) is 0.216. The van der Waals surface area contributed by atoms with Crippen LogP contribution in [0.4, 0.5) is 5.69 Å². The van der Waals surface area contributed by atoms with E-state index in [9.17, 15) is 14.4 Å². The van der Waals surface area contributed by atoms with Crippen LogP contribution in [0.25, 0.3) is 6.08 Å². The van der Waals surface area contributed by atoms with E-state index < -0.39 is 5.97 Å². The van der Waals surface area contributed by atoms with Crippen LogP contribution in [-0.4, -0.2) is 47.8 Å². The fourth-order valence-corrected chi connectivity index (χ4v) is 4.64. The topological polar surface area (TPSA) is 84.9 Å². The Balaban J connectivity index is 1.43. The van der Waals surface area contributed by atoms with Crippen LogP contribution in [0.3, 0.4) is 0 Å². The number of carbonyl (C=O) groups excluding carboxylic acids is 3. The lowest BCUT2D eigenvalue weighted by Crippen LogP contribution is -2.29. The largest absolute Gasteiger partial charge is 0.497 e. The molecule has 7 nitrogen and oxygen atoms in total. The fourth-order valence-electron chi connectivity index (χ4n) is 3.33. The molecule has 9 heteroatoms. The van der Waals surface area contributed by atoms with Gasteiger partial charge in [-0.05, 0) is 48.7 Å². The van der Waals surface area contributed by atoms with E-state index >= 15 is 0 Å². The molecular formula is C25H26N2O5S2. The minimum Gasteiger partial charge on any atom is -0.497 e. The zero-order chi connectivity index (χ0) is 24.5. The standard InChI is InChI=1S/C25H26N2O5S2/c1-31-20-8-6-7-19(16-20)26-22(28)9-4-3-5-14-27-23(29)21(34-25(27)33)15-17-10-12-18(13-11-17)24(30)32-2/h6-8,10-13,15-16H,3-5,9,14H2,1-2H3,(H,26,28). The van der Waals surface area contributed by atoms with E-state index in [2.05, 4.69) is 5.32 Å². The van der Waals surface area contributed by atoms with Crippen molar-refractivity contribution in [3.63, 3.8) is 0 Å². The summed E-state index contributed by atoms with van der Waals surface area (Å²) < 4.78 is 10.4. The molecule has 34 heavy (non-hydrogen) atoms. The SMILES string of the molecule is COC(=O)c1ccc(C=C2SC(=S)N(CCCCCC(=O)Nc3cccc(OC)c3)C2=O)cc1. The number of anilines is 1. The first-order valence-corrected chi connectivity index (χ1v) is 12.0. The third-order valence-corrected chi connectivity index (χ3v) is 6.52. The Morgan fingerprint density at radius 3 is 2.56 bits per heavy atom. The summed E-state index contributed by atoms with van der Waals surface area (Å²) in [6.45, 7) is 0.515. The molecule has 0 saturated carbocycles. The number of hydrogen-bond acceptors (Lipinski definition) is 7. The van der Waals surface area contributed by atoms with Crippen molar-refractivity contribution in [1.29, 1.82) is 0 Å². The van der Waals surface area contributed by atoms with Gasteiger partial charge in [0.05, 0.1) is 24.7 Å². The lowest BCUT2D eigenvalue weighted by molar-refractivity contribution is -0.122. The predicted molar refractivity (Wildman–Crippen MR) is 138 cm³/mol. The maximum atomic E-state index is 12.8. The van der Waals surface area contributed by atoms with E-state index in [4.69, 9.17) is 21.7 Å². The van der Waals surface area contributed by atoms with Crippen molar-refractivity contribution in [2.24, 2.45) is 0 Å². The normalized spacial score (nSPS) is 14.4. The molecule has 1 saturated heterocycles. The molecular weight excluding hydrogens is 472 g/mol. The van der Waals surface area contributed by atoms with Gasteiger partial charge in [-0.15, -0.1) is 0 Å². The fraction of sp³-hybridized carbons (Fsp3) is 0.280. The van der Waals surface area contributed by atoms with Gasteiger partial charge in [0.15, 0.2) is 0 Å². The number of benzene rings is 2. The third kappa shape index (κ3) is 6.91. The number of methoxy groups -OCH3 is 2. The molecule has 3 rings (SSSR count). The number of hydrogen-bond donors (Lipinski definition) is 1. The summed E-state index contributed by atoms with van der Waals surface area (Å²) in [4.78, 5) is 38.6. The maximum Gasteiger partial charge on any atom is 0.337 e. The number of thioether (sulfide) groups is 1. The third-order valence-electron chi connectivity index (χ3n) is 5.14. The van der Waals surface area contributed by atoms with Crippen LogP contribution in [0.2, 0.25) is 0 Å². The van der Waals surface area contributed by atoms with E-state index in [-0.39, 0.29) is 11.8 Å². The number of ether oxygens (including phenoxy) is 2. The summed E-state index contributed by atoms with van der Waals surface area (Å²) in [6.07, 6.45) is 4.43. The van der Waals surface area contributed by atoms with Crippen molar-refractivity contribution >= 4 is 57.8 Å². The van der Waals surface area contributed by atoms with Gasteiger partial charge in [0.1, 0.15) is 10.1 Å². The summed E-state index contributed by atoms with van der Waals surface area (Å²) >= 11 is 6.65. The van der Waals surface area contributed by atoms with Gasteiger partial charge in [-0.3, -0.25) is 14.5 Å². The first-order valence-electron chi connectivity index (χ1n) is 10.8. The Kier molecular flexibility index (Phi) is 9.24. The molecule has 1 aliphatic rings. The Morgan fingerprint density at radius 1 is 1.09 bits per heavy atom. The molecule has 2 amide bonds. The monoisotopic (exact) mass is 498 g/mol. The highest BCUT2D eigenvalue weighted by atomic mass is 32.2. The van der Waals surface area contributed by atoms with Gasteiger partial charge in [-0.1, -0.05) is 48.6 Å². The second-order valence-electron chi connectivity index (χ2n) is 7.54. The molecule has 0 unspecified atom stereocenters. The van der Waals surface area contributed by atoms with Gasteiger partial charge in [-0.25, -0.2) is 4.79 Å². The van der Waals surface area contributed by atoms with Crippen LogP contribution < -0.4 is 10.1 Å². The summed E-state index contributed by atoms with van der Waals surface area (Å²) in [5.74, 6) is 0.104. The van der Waals surface area contributed by atoms with Gasteiger partial charge in [0, 0.05) is 24.7 Å². The summed E-state index contributed by atoms with van der Waals surface area (Å²) in [5, 5.41) is 2.86. The predicted octanol–water partition coefficient (Wildman–Crippen LogP) is 4.88. The van der Waals surface area contributed by atoms with Crippen LogP contribution >= 0.6 is 24.0 Å². The van der Waals surface area contributed by atoms with Crippen LogP contribution in [0.15, 0.2) is 53.4 Å². The van der Waals surface area contributed by atoms with E-state index in [1.807, 2.05) is 18.2 Å². The molecule has 2 aromatic carbocycles. The van der Waals surface area contributed by atoms with Crippen molar-refractivity contribution < 1.29 is 23.9 Å². The second kappa shape index (κ2) is 12.3. The maximum absolute atomic E-state index is 12.8. The smallest absolute Gasteiger partial charge is 0.337 e. The zero-order valence-corrected chi connectivity index (χ0v) is 20.7. The van der Waals surface area contributed by atoms with E-state index in [1.54, 1.807) is 48.4 Å². The van der Waals surface area contributed by atoms with Crippen molar-refractivity contribution in [3.05, 3.63) is 64.6 Å². The van der Waals surface area contributed by atoms with E-state index in [0.29, 0.717) is 45.6 Å². The average molecular weight is 499 g/mol. The number of unbranched alkanes of at least 4 members (excludes halogenated alkanes) is 2. The van der Waals surface area contributed by atoms with Crippen LogP contribution in [0.5, 0.6) is 5.75 Å². The minimum absolute atomic E-state index is 0.0555. The first kappa shape index (κ1) is 25.5.